The Morgan fingerprint density at radius 2 is 2.00 bits per heavy atom. The Morgan fingerprint density at radius 1 is 1.38 bits per heavy atom. The van der Waals surface area contributed by atoms with Gasteiger partial charge in [0.25, 0.3) is 0 Å². The molecule has 1 rings (SSSR count). The van der Waals surface area contributed by atoms with Crippen molar-refractivity contribution in [3.8, 4) is 0 Å². The average molecular weight is 221 g/mol. The lowest BCUT2D eigenvalue weighted by molar-refractivity contribution is 0.216. The van der Waals surface area contributed by atoms with E-state index in [0.29, 0.717) is 0 Å². The van der Waals surface area contributed by atoms with E-state index in [1.54, 1.807) is 0 Å². The van der Waals surface area contributed by atoms with Gasteiger partial charge in [-0.2, -0.15) is 0 Å². The normalized spacial score (nSPS) is 15.1. The van der Waals surface area contributed by atoms with Gasteiger partial charge in [-0.3, -0.25) is 9.88 Å². The van der Waals surface area contributed by atoms with Gasteiger partial charge < -0.3 is 5.73 Å². The van der Waals surface area contributed by atoms with Crippen LogP contribution in [0.1, 0.15) is 38.3 Å². The second-order valence-electron chi connectivity index (χ2n) is 4.42. The zero-order valence-corrected chi connectivity index (χ0v) is 10.6. The number of unbranched alkanes of at least 4 members (excludes halogenated alkanes) is 1. The summed E-state index contributed by atoms with van der Waals surface area (Å²) in [5.74, 6) is 0. The van der Waals surface area contributed by atoms with Gasteiger partial charge >= 0.3 is 0 Å². The van der Waals surface area contributed by atoms with Crippen LogP contribution in [0.2, 0.25) is 0 Å². The molecule has 3 heteroatoms. The smallest absolute Gasteiger partial charge is 0.0494 e. The predicted molar refractivity (Wildman–Crippen MR) is 68.2 cm³/mol. The minimum atomic E-state index is 0.129. The Bertz CT molecular complexity index is 284. The van der Waals surface area contributed by atoms with Gasteiger partial charge in [-0.05, 0) is 44.6 Å². The second-order valence-corrected chi connectivity index (χ2v) is 4.42. The summed E-state index contributed by atoms with van der Waals surface area (Å²) in [6.07, 6.45) is 6.09. The molecule has 2 atom stereocenters. The molecule has 0 aliphatic rings. The molecular formula is C13H23N3. The summed E-state index contributed by atoms with van der Waals surface area (Å²) in [5, 5.41) is 0. The fourth-order valence-electron chi connectivity index (χ4n) is 2.07. The van der Waals surface area contributed by atoms with Gasteiger partial charge in [0, 0.05) is 24.5 Å². The summed E-state index contributed by atoms with van der Waals surface area (Å²) in [7, 11) is 2.14. The molecule has 0 bridgehead atoms. The van der Waals surface area contributed by atoms with Crippen LogP contribution in [0.5, 0.6) is 0 Å². The number of nitrogens with two attached hydrogens (primary N) is 1. The van der Waals surface area contributed by atoms with Crippen LogP contribution in [0.4, 0.5) is 0 Å². The van der Waals surface area contributed by atoms with Gasteiger partial charge in [0.05, 0.1) is 0 Å². The summed E-state index contributed by atoms with van der Waals surface area (Å²) in [6.45, 7) is 5.36. The van der Waals surface area contributed by atoms with E-state index in [-0.39, 0.29) is 12.1 Å². The molecule has 3 nitrogen and oxygen atoms in total. The highest BCUT2D eigenvalue weighted by Gasteiger charge is 2.20. The third-order valence-corrected chi connectivity index (χ3v) is 2.88. The van der Waals surface area contributed by atoms with Crippen LogP contribution in [0.25, 0.3) is 0 Å². The number of hydrogen-bond donors (Lipinski definition) is 1. The van der Waals surface area contributed by atoms with Crippen molar-refractivity contribution in [2.45, 2.75) is 38.8 Å². The molecule has 16 heavy (non-hydrogen) atoms. The first-order chi connectivity index (χ1) is 7.66. The van der Waals surface area contributed by atoms with Crippen LogP contribution >= 0.6 is 0 Å². The summed E-state index contributed by atoms with van der Waals surface area (Å²) < 4.78 is 0. The standard InChI is InChI=1S/C13H23N3/c1-4-5-10-16(3)13(11(2)14)12-6-8-15-9-7-12/h6-9,11,13H,4-5,10,14H2,1-3H3. The van der Waals surface area contributed by atoms with Crippen molar-refractivity contribution in [1.82, 2.24) is 9.88 Å². The fourth-order valence-corrected chi connectivity index (χ4v) is 2.07. The molecule has 0 radical (unpaired) electrons. The van der Waals surface area contributed by atoms with Gasteiger partial charge in [0.1, 0.15) is 0 Å². The first-order valence-electron chi connectivity index (χ1n) is 6.02. The lowest BCUT2D eigenvalue weighted by Crippen LogP contribution is -2.37. The first kappa shape index (κ1) is 13.1. The van der Waals surface area contributed by atoms with Crippen molar-refractivity contribution < 1.29 is 0 Å². The molecule has 0 aromatic carbocycles. The van der Waals surface area contributed by atoms with Crippen molar-refractivity contribution >= 4 is 0 Å². The van der Waals surface area contributed by atoms with Crippen molar-refractivity contribution in [2.75, 3.05) is 13.6 Å². The molecule has 0 spiro atoms. The van der Waals surface area contributed by atoms with Crippen LogP contribution in [0.3, 0.4) is 0 Å². The first-order valence-corrected chi connectivity index (χ1v) is 6.02. The van der Waals surface area contributed by atoms with Gasteiger partial charge in [-0.25, -0.2) is 0 Å². The van der Waals surface area contributed by atoms with Crippen LogP contribution in [0.15, 0.2) is 24.5 Å². The van der Waals surface area contributed by atoms with E-state index in [4.69, 9.17) is 5.73 Å². The van der Waals surface area contributed by atoms with Crippen LogP contribution in [-0.4, -0.2) is 29.5 Å². The van der Waals surface area contributed by atoms with Gasteiger partial charge in [0.2, 0.25) is 0 Å². The predicted octanol–water partition coefficient (Wildman–Crippen LogP) is 2.20. The number of hydrogen-bond acceptors (Lipinski definition) is 3. The van der Waals surface area contributed by atoms with E-state index in [2.05, 4.69) is 42.9 Å². The molecule has 0 saturated carbocycles. The van der Waals surface area contributed by atoms with Crippen LogP contribution in [-0.2, 0) is 0 Å². The second kappa shape index (κ2) is 6.61. The minimum absolute atomic E-state index is 0.129. The molecular weight excluding hydrogens is 198 g/mol. The zero-order chi connectivity index (χ0) is 12.0. The number of rotatable bonds is 6. The Morgan fingerprint density at radius 3 is 2.50 bits per heavy atom. The molecule has 90 valence electrons. The van der Waals surface area contributed by atoms with E-state index in [1.165, 1.54) is 18.4 Å². The van der Waals surface area contributed by atoms with E-state index in [1.807, 2.05) is 12.4 Å². The van der Waals surface area contributed by atoms with E-state index >= 15 is 0 Å². The van der Waals surface area contributed by atoms with Gasteiger partial charge in [0.15, 0.2) is 0 Å². The summed E-state index contributed by atoms with van der Waals surface area (Å²) in [5.41, 5.74) is 7.33. The van der Waals surface area contributed by atoms with Crippen molar-refractivity contribution in [2.24, 2.45) is 5.73 Å². The number of pyridine rings is 1. The number of likely N-dealkylation sites (N-methyl/N-ethyl adjacent to an activating group) is 1. The number of aromatic nitrogens is 1. The molecule has 1 aromatic heterocycles. The minimum Gasteiger partial charge on any atom is -0.326 e. The molecule has 1 aromatic rings. The lowest BCUT2D eigenvalue weighted by Gasteiger charge is -2.31. The maximum atomic E-state index is 6.08. The SMILES string of the molecule is CCCCN(C)C(c1ccncc1)C(C)N. The molecule has 0 saturated heterocycles. The van der Waals surface area contributed by atoms with Crippen molar-refractivity contribution in [1.29, 1.82) is 0 Å². The topological polar surface area (TPSA) is 42.2 Å². The lowest BCUT2D eigenvalue weighted by atomic mass is 10.0. The maximum Gasteiger partial charge on any atom is 0.0494 e. The molecule has 1 heterocycles. The summed E-state index contributed by atoms with van der Waals surface area (Å²) >= 11 is 0. The van der Waals surface area contributed by atoms with E-state index < -0.39 is 0 Å². The summed E-state index contributed by atoms with van der Waals surface area (Å²) in [4.78, 5) is 6.39. The molecule has 2 unspecified atom stereocenters. The Balaban J connectivity index is 2.75. The Kier molecular flexibility index (Phi) is 5.43. The monoisotopic (exact) mass is 221 g/mol. The molecule has 0 fully saturated rings. The highest BCUT2D eigenvalue weighted by Crippen LogP contribution is 2.21. The Labute approximate surface area is 98.7 Å². The number of nitrogens with zero attached hydrogens (tertiary/aromatic N) is 2. The van der Waals surface area contributed by atoms with Crippen LogP contribution in [0, 0.1) is 0 Å². The summed E-state index contributed by atoms with van der Waals surface area (Å²) in [6, 6.07) is 4.52. The van der Waals surface area contributed by atoms with Crippen molar-refractivity contribution in [3.63, 3.8) is 0 Å². The van der Waals surface area contributed by atoms with E-state index in [0.717, 1.165) is 6.54 Å². The maximum absolute atomic E-state index is 6.08. The fraction of sp³-hybridized carbons (Fsp3) is 0.615. The molecule has 2 N–H and O–H groups in total. The highest BCUT2D eigenvalue weighted by atomic mass is 15.1. The zero-order valence-electron chi connectivity index (χ0n) is 10.6. The molecule has 0 amide bonds. The Hall–Kier alpha value is -0.930. The van der Waals surface area contributed by atoms with Crippen LogP contribution < -0.4 is 5.73 Å². The third-order valence-electron chi connectivity index (χ3n) is 2.88. The van der Waals surface area contributed by atoms with E-state index in [9.17, 15) is 0 Å². The largest absolute Gasteiger partial charge is 0.326 e. The highest BCUT2D eigenvalue weighted by molar-refractivity contribution is 5.16. The molecule has 0 aliphatic carbocycles. The van der Waals surface area contributed by atoms with Crippen molar-refractivity contribution in [3.05, 3.63) is 30.1 Å². The van der Waals surface area contributed by atoms with Gasteiger partial charge in [-0.15, -0.1) is 0 Å². The average Bonchev–Trinajstić information content (AvgIpc) is 2.27. The molecule has 0 aliphatic heterocycles. The third kappa shape index (κ3) is 3.58. The van der Waals surface area contributed by atoms with Gasteiger partial charge in [-0.1, -0.05) is 13.3 Å². The quantitative estimate of drug-likeness (QED) is 0.800.